The summed E-state index contributed by atoms with van der Waals surface area (Å²) in [7, 11) is 0. The highest BCUT2D eigenvalue weighted by Gasteiger charge is 2.13. The second-order valence-corrected chi connectivity index (χ2v) is 7.28. The molecule has 1 N–H and O–H groups in total. The van der Waals surface area contributed by atoms with E-state index < -0.39 is 4.92 Å². The molecule has 0 bridgehead atoms. The number of nitrogens with one attached hydrogen (secondary N) is 1. The third-order valence-electron chi connectivity index (χ3n) is 5.04. The number of ether oxygens (including phenoxy) is 1. The van der Waals surface area contributed by atoms with Crippen LogP contribution in [0.5, 0.6) is 5.75 Å². The fourth-order valence-electron chi connectivity index (χ4n) is 3.52. The number of rotatable bonds is 7. The molecular weight excluding hydrogens is 386 g/mol. The van der Waals surface area contributed by atoms with Crippen molar-refractivity contribution in [3.05, 3.63) is 75.1 Å². The van der Waals surface area contributed by atoms with Gasteiger partial charge in [-0.05, 0) is 61.1 Å². The molecule has 1 aliphatic rings. The van der Waals surface area contributed by atoms with Gasteiger partial charge in [0.1, 0.15) is 24.6 Å². The summed E-state index contributed by atoms with van der Waals surface area (Å²) in [5, 5.41) is 21.6. The van der Waals surface area contributed by atoms with Crippen LogP contribution in [-0.4, -0.2) is 25.8 Å². The van der Waals surface area contributed by atoms with Crippen LogP contribution in [0.4, 0.5) is 11.4 Å². The van der Waals surface area contributed by atoms with Gasteiger partial charge in [-0.2, -0.15) is 0 Å². The van der Waals surface area contributed by atoms with Gasteiger partial charge in [-0.15, -0.1) is 5.10 Å². The number of carbonyl (C=O) groups excluding carboxylic acids is 1. The van der Waals surface area contributed by atoms with E-state index in [0.717, 1.165) is 18.6 Å². The van der Waals surface area contributed by atoms with Gasteiger partial charge in [0.05, 0.1) is 11.1 Å². The zero-order valence-corrected chi connectivity index (χ0v) is 16.5. The minimum absolute atomic E-state index is 0.0187. The van der Waals surface area contributed by atoms with Gasteiger partial charge in [-0.25, -0.2) is 4.68 Å². The van der Waals surface area contributed by atoms with Crippen LogP contribution in [0.2, 0.25) is 0 Å². The largest absolute Gasteiger partial charge is 0.487 e. The molecule has 0 radical (unpaired) electrons. The number of hydrogen-bond donors (Lipinski definition) is 1. The van der Waals surface area contributed by atoms with Gasteiger partial charge in [-0.1, -0.05) is 11.3 Å². The molecule has 2 aromatic carbocycles. The zero-order valence-electron chi connectivity index (χ0n) is 16.5. The lowest BCUT2D eigenvalue weighted by molar-refractivity contribution is -0.384. The van der Waals surface area contributed by atoms with E-state index in [1.807, 2.05) is 6.07 Å². The van der Waals surface area contributed by atoms with Gasteiger partial charge in [-0.3, -0.25) is 14.9 Å². The number of nitrogens with zero attached hydrogens (tertiary/aromatic N) is 4. The highest BCUT2D eigenvalue weighted by Crippen LogP contribution is 2.26. The summed E-state index contributed by atoms with van der Waals surface area (Å²) in [5.41, 5.74) is 4.46. The number of carbonyl (C=O) groups is 1. The molecule has 9 nitrogen and oxygen atoms in total. The summed E-state index contributed by atoms with van der Waals surface area (Å²) < 4.78 is 7.23. The Bertz CT molecular complexity index is 1110. The lowest BCUT2D eigenvalue weighted by Crippen LogP contribution is -2.19. The van der Waals surface area contributed by atoms with Gasteiger partial charge in [0, 0.05) is 17.8 Å². The maximum absolute atomic E-state index is 12.3. The molecule has 3 aromatic rings. The molecule has 154 valence electrons. The van der Waals surface area contributed by atoms with Crippen LogP contribution in [-0.2, 0) is 30.8 Å². The van der Waals surface area contributed by atoms with Crippen molar-refractivity contribution in [1.82, 2.24) is 15.0 Å². The first kappa shape index (κ1) is 19.6. The predicted octanol–water partition coefficient (Wildman–Crippen LogP) is 3.20. The Hall–Kier alpha value is -3.75. The highest BCUT2D eigenvalue weighted by atomic mass is 16.6. The number of benzene rings is 2. The predicted molar refractivity (Wildman–Crippen MR) is 109 cm³/mol. The average Bonchev–Trinajstić information content (AvgIpc) is 3.36. The minimum Gasteiger partial charge on any atom is -0.487 e. The summed E-state index contributed by atoms with van der Waals surface area (Å²) in [6.07, 6.45) is 5.07. The summed E-state index contributed by atoms with van der Waals surface area (Å²) in [6.45, 7) is 1.94. The van der Waals surface area contributed by atoms with Gasteiger partial charge in [0.25, 0.3) is 5.69 Å². The number of anilines is 1. The fourth-order valence-corrected chi connectivity index (χ4v) is 3.52. The van der Waals surface area contributed by atoms with E-state index in [-0.39, 0.29) is 24.7 Å². The third-order valence-corrected chi connectivity index (χ3v) is 5.04. The molecule has 30 heavy (non-hydrogen) atoms. The fraction of sp³-hybridized carbons (Fsp3) is 0.286. The molecule has 9 heteroatoms. The van der Waals surface area contributed by atoms with Crippen molar-refractivity contribution in [2.75, 3.05) is 5.32 Å². The standard InChI is InChI=1S/C21H21N5O4/c1-14-9-18(26(28)29)6-8-20(14)22-21(27)12-25-11-17(23-24-25)13-30-19-7-5-15-3-2-4-16(15)10-19/h5-11H,2-4,12-13H2,1H3,(H,22,27). The van der Waals surface area contributed by atoms with Crippen LogP contribution in [0, 0.1) is 17.0 Å². The molecule has 0 saturated heterocycles. The van der Waals surface area contributed by atoms with Crippen molar-refractivity contribution in [3.63, 3.8) is 0 Å². The number of aryl methyl sites for hydroxylation is 3. The van der Waals surface area contributed by atoms with Gasteiger partial charge >= 0.3 is 0 Å². The van der Waals surface area contributed by atoms with Crippen LogP contribution in [0.25, 0.3) is 0 Å². The smallest absolute Gasteiger partial charge is 0.269 e. The Balaban J connectivity index is 1.32. The monoisotopic (exact) mass is 407 g/mol. The highest BCUT2D eigenvalue weighted by molar-refractivity contribution is 5.91. The van der Waals surface area contributed by atoms with Crippen molar-refractivity contribution in [3.8, 4) is 5.75 Å². The minimum atomic E-state index is -0.472. The number of amides is 1. The van der Waals surface area contributed by atoms with Crippen molar-refractivity contribution in [2.45, 2.75) is 39.3 Å². The Morgan fingerprint density at radius 3 is 2.87 bits per heavy atom. The van der Waals surface area contributed by atoms with E-state index in [1.54, 1.807) is 13.1 Å². The van der Waals surface area contributed by atoms with E-state index in [1.165, 1.54) is 40.4 Å². The summed E-state index contributed by atoms with van der Waals surface area (Å²) in [6, 6.07) is 10.4. The van der Waals surface area contributed by atoms with Crippen molar-refractivity contribution in [1.29, 1.82) is 0 Å². The van der Waals surface area contributed by atoms with Crippen LogP contribution in [0.1, 0.15) is 28.8 Å². The lowest BCUT2D eigenvalue weighted by atomic mass is 10.1. The molecule has 1 amide bonds. The molecule has 1 aromatic heterocycles. The van der Waals surface area contributed by atoms with Crippen LogP contribution in [0.3, 0.4) is 0 Å². The van der Waals surface area contributed by atoms with Crippen LogP contribution >= 0.6 is 0 Å². The van der Waals surface area contributed by atoms with Crippen molar-refractivity contribution in [2.24, 2.45) is 0 Å². The molecule has 1 heterocycles. The molecule has 4 rings (SSSR count). The van der Waals surface area contributed by atoms with Crippen molar-refractivity contribution >= 4 is 17.3 Å². The van der Waals surface area contributed by atoms with Crippen LogP contribution < -0.4 is 10.1 Å². The first-order chi connectivity index (χ1) is 14.5. The maximum atomic E-state index is 12.3. The number of nitro groups is 1. The molecule has 0 unspecified atom stereocenters. The van der Waals surface area contributed by atoms with E-state index in [2.05, 4.69) is 27.8 Å². The normalized spacial score (nSPS) is 12.4. The number of non-ortho nitro benzene ring substituents is 1. The molecule has 0 saturated carbocycles. The van der Waals surface area contributed by atoms with E-state index >= 15 is 0 Å². The maximum Gasteiger partial charge on any atom is 0.269 e. The Labute approximate surface area is 172 Å². The lowest BCUT2D eigenvalue weighted by Gasteiger charge is -2.08. The molecule has 0 aliphatic heterocycles. The Morgan fingerprint density at radius 2 is 2.07 bits per heavy atom. The number of nitro benzene ring substituents is 1. The quantitative estimate of drug-likeness (QED) is 0.475. The third kappa shape index (κ3) is 4.45. The zero-order chi connectivity index (χ0) is 21.1. The summed E-state index contributed by atoms with van der Waals surface area (Å²) in [4.78, 5) is 22.6. The van der Waals surface area contributed by atoms with E-state index in [9.17, 15) is 14.9 Å². The molecule has 1 aliphatic carbocycles. The molecular formula is C21H21N5O4. The van der Waals surface area contributed by atoms with E-state index in [4.69, 9.17) is 4.74 Å². The van der Waals surface area contributed by atoms with Crippen LogP contribution in [0.15, 0.2) is 42.6 Å². The SMILES string of the molecule is Cc1cc([N+](=O)[O-])ccc1NC(=O)Cn1cc(COc2ccc3c(c2)CCC3)nn1. The van der Waals surface area contributed by atoms with Crippen molar-refractivity contribution < 1.29 is 14.5 Å². The molecule has 0 fully saturated rings. The molecule has 0 spiro atoms. The summed E-state index contributed by atoms with van der Waals surface area (Å²) in [5.74, 6) is 0.500. The average molecular weight is 407 g/mol. The van der Waals surface area contributed by atoms with Gasteiger partial charge < -0.3 is 10.1 Å². The summed E-state index contributed by atoms with van der Waals surface area (Å²) >= 11 is 0. The Kier molecular flexibility index (Phi) is 5.42. The number of aromatic nitrogens is 3. The second kappa shape index (κ2) is 8.32. The first-order valence-electron chi connectivity index (χ1n) is 9.66. The second-order valence-electron chi connectivity index (χ2n) is 7.28. The topological polar surface area (TPSA) is 112 Å². The number of fused-ring (bicyclic) bond motifs is 1. The molecule has 0 atom stereocenters. The van der Waals surface area contributed by atoms with Gasteiger partial charge in [0.15, 0.2) is 0 Å². The van der Waals surface area contributed by atoms with E-state index in [0.29, 0.717) is 16.9 Å². The first-order valence-corrected chi connectivity index (χ1v) is 9.66. The number of hydrogen-bond acceptors (Lipinski definition) is 6. The Morgan fingerprint density at radius 1 is 1.23 bits per heavy atom. The van der Waals surface area contributed by atoms with Gasteiger partial charge in [0.2, 0.25) is 5.91 Å².